The molecule has 1 aliphatic carbocycles. The van der Waals surface area contributed by atoms with Crippen molar-refractivity contribution in [3.63, 3.8) is 0 Å². The monoisotopic (exact) mass is 493 g/mol. The molecule has 1 amide bonds. The fraction of sp³-hybridized carbons (Fsp3) is 0.464. The Hall–Kier alpha value is -3.42. The second kappa shape index (κ2) is 10.7. The minimum absolute atomic E-state index is 0.232. The van der Waals surface area contributed by atoms with Crippen LogP contribution in [0.1, 0.15) is 68.5 Å². The number of hydrogen-bond acceptors (Lipinski definition) is 5. The summed E-state index contributed by atoms with van der Waals surface area (Å²) in [6.45, 7) is 3.02. The van der Waals surface area contributed by atoms with Crippen molar-refractivity contribution in [2.75, 3.05) is 19.7 Å². The van der Waals surface area contributed by atoms with Crippen LogP contribution in [0, 0.1) is 11.7 Å². The molecule has 2 fully saturated rings. The van der Waals surface area contributed by atoms with Crippen molar-refractivity contribution in [1.29, 1.82) is 0 Å². The Balaban J connectivity index is 1.45. The van der Waals surface area contributed by atoms with Crippen molar-refractivity contribution >= 4 is 11.9 Å². The molecule has 190 valence electrons. The zero-order valence-corrected chi connectivity index (χ0v) is 20.6. The van der Waals surface area contributed by atoms with Crippen LogP contribution >= 0.6 is 0 Å². The van der Waals surface area contributed by atoms with E-state index in [9.17, 15) is 14.0 Å². The van der Waals surface area contributed by atoms with Crippen molar-refractivity contribution in [2.24, 2.45) is 5.92 Å². The first-order valence-electron chi connectivity index (χ1n) is 12.9. The average molecular weight is 494 g/mol. The van der Waals surface area contributed by atoms with Gasteiger partial charge in [0.2, 0.25) is 0 Å². The van der Waals surface area contributed by atoms with E-state index in [4.69, 9.17) is 14.1 Å². The number of piperidine rings is 1. The minimum Gasteiger partial charge on any atom is -0.466 e. The molecule has 2 aliphatic rings. The molecule has 1 atom stereocenters. The molecule has 0 N–H and O–H groups in total. The maximum absolute atomic E-state index is 13.6. The number of rotatable bonds is 6. The topological polar surface area (TPSA) is 77.6 Å². The quantitative estimate of drug-likeness (QED) is 0.402. The third kappa shape index (κ3) is 4.94. The number of esters is 1. The molecule has 8 heteroatoms. The number of carbonyl (C=O) groups is 2. The average Bonchev–Trinajstić information content (AvgIpc) is 3.57. The predicted octanol–water partition coefficient (Wildman–Crippen LogP) is 5.87. The maximum Gasteiger partial charge on any atom is 0.310 e. The van der Waals surface area contributed by atoms with Crippen molar-refractivity contribution in [2.45, 2.75) is 57.9 Å². The van der Waals surface area contributed by atoms with Crippen molar-refractivity contribution < 1.29 is 23.1 Å². The van der Waals surface area contributed by atoms with E-state index in [-0.39, 0.29) is 29.4 Å². The van der Waals surface area contributed by atoms with E-state index in [2.05, 4.69) is 4.57 Å². The van der Waals surface area contributed by atoms with Gasteiger partial charge in [-0.05, 0) is 69.0 Å². The van der Waals surface area contributed by atoms with Crippen LogP contribution in [0.5, 0.6) is 0 Å². The predicted molar refractivity (Wildman–Crippen MR) is 133 cm³/mol. The fourth-order valence-corrected chi connectivity index (χ4v) is 5.41. The van der Waals surface area contributed by atoms with Gasteiger partial charge in [0.25, 0.3) is 5.91 Å². The zero-order valence-electron chi connectivity index (χ0n) is 20.6. The summed E-state index contributed by atoms with van der Waals surface area (Å²) in [5, 5.41) is 0. The highest BCUT2D eigenvalue weighted by molar-refractivity contribution is 5.93. The standard InChI is InChI=1S/C28H32FN3O4/c1-2-35-28(34)20-7-6-16-31(17-20)27(33)24-15-14-23(36-24)26-25(19-10-12-21(29)13-11-19)30-18-32(26)22-8-4-3-5-9-22/h10-15,18,20,22H,2-9,16-17H2,1H3/t20-/m1/s1. The highest BCUT2D eigenvalue weighted by Gasteiger charge is 2.32. The molecule has 3 aromatic rings. The lowest BCUT2D eigenvalue weighted by Gasteiger charge is -2.30. The van der Waals surface area contributed by atoms with Gasteiger partial charge in [-0.3, -0.25) is 9.59 Å². The van der Waals surface area contributed by atoms with Crippen LogP contribution < -0.4 is 0 Å². The fourth-order valence-electron chi connectivity index (χ4n) is 5.41. The lowest BCUT2D eigenvalue weighted by Crippen LogP contribution is -2.42. The first-order chi connectivity index (χ1) is 17.5. The van der Waals surface area contributed by atoms with Gasteiger partial charge >= 0.3 is 5.97 Å². The van der Waals surface area contributed by atoms with E-state index in [0.29, 0.717) is 43.6 Å². The lowest BCUT2D eigenvalue weighted by molar-refractivity contribution is -0.149. The normalized spacial score (nSPS) is 18.8. The molecule has 0 bridgehead atoms. The summed E-state index contributed by atoms with van der Waals surface area (Å²) in [5.74, 6) is -0.316. The summed E-state index contributed by atoms with van der Waals surface area (Å²) in [6.07, 6.45) is 8.96. The number of nitrogens with zero attached hydrogens (tertiary/aromatic N) is 3. The zero-order chi connectivity index (χ0) is 25.1. The molecule has 5 rings (SSSR count). The van der Waals surface area contributed by atoms with E-state index in [0.717, 1.165) is 43.4 Å². The highest BCUT2D eigenvalue weighted by Crippen LogP contribution is 2.38. The summed E-state index contributed by atoms with van der Waals surface area (Å²) >= 11 is 0. The second-order valence-corrected chi connectivity index (χ2v) is 9.65. The van der Waals surface area contributed by atoms with E-state index in [1.54, 1.807) is 30.0 Å². The molecule has 1 aliphatic heterocycles. The van der Waals surface area contributed by atoms with Gasteiger partial charge < -0.3 is 18.6 Å². The smallest absolute Gasteiger partial charge is 0.310 e. The van der Waals surface area contributed by atoms with Crippen molar-refractivity contribution in [1.82, 2.24) is 14.5 Å². The lowest BCUT2D eigenvalue weighted by atomic mass is 9.95. The molecular weight excluding hydrogens is 461 g/mol. The Morgan fingerprint density at radius 3 is 2.58 bits per heavy atom. The van der Waals surface area contributed by atoms with Crippen LogP contribution in [0.2, 0.25) is 0 Å². The summed E-state index contributed by atoms with van der Waals surface area (Å²) in [6, 6.07) is 10.1. The molecule has 0 spiro atoms. The number of halogens is 1. The first kappa shape index (κ1) is 24.3. The van der Waals surface area contributed by atoms with E-state index in [1.165, 1.54) is 18.6 Å². The molecular formula is C28H32FN3O4. The van der Waals surface area contributed by atoms with Gasteiger partial charge in [0.15, 0.2) is 11.5 Å². The van der Waals surface area contributed by atoms with Gasteiger partial charge in [0, 0.05) is 24.7 Å². The third-order valence-corrected chi connectivity index (χ3v) is 7.26. The Kier molecular flexibility index (Phi) is 7.20. The third-order valence-electron chi connectivity index (χ3n) is 7.26. The van der Waals surface area contributed by atoms with Crippen molar-refractivity contribution in [3.8, 4) is 22.7 Å². The molecule has 36 heavy (non-hydrogen) atoms. The highest BCUT2D eigenvalue weighted by atomic mass is 19.1. The molecule has 1 saturated heterocycles. The van der Waals surface area contributed by atoms with Gasteiger partial charge in [-0.25, -0.2) is 9.37 Å². The van der Waals surface area contributed by atoms with Crippen LogP contribution in [-0.2, 0) is 9.53 Å². The van der Waals surface area contributed by atoms with Crippen LogP contribution in [-0.4, -0.2) is 46.0 Å². The SMILES string of the molecule is CCOC(=O)[C@@H]1CCCN(C(=O)c2ccc(-c3c(-c4ccc(F)cc4)ncn3C3CCCCC3)o2)C1. The summed E-state index contributed by atoms with van der Waals surface area (Å²) in [4.78, 5) is 31.9. The number of amides is 1. The van der Waals surface area contributed by atoms with Gasteiger partial charge in [-0.1, -0.05) is 19.3 Å². The van der Waals surface area contributed by atoms with Gasteiger partial charge in [0.1, 0.15) is 11.5 Å². The largest absolute Gasteiger partial charge is 0.466 e. The Labute approximate surface area is 210 Å². The molecule has 0 radical (unpaired) electrons. The van der Waals surface area contributed by atoms with Crippen LogP contribution in [0.15, 0.2) is 47.1 Å². The van der Waals surface area contributed by atoms with E-state index in [1.807, 2.05) is 12.4 Å². The molecule has 2 aromatic heterocycles. The summed E-state index contributed by atoms with van der Waals surface area (Å²) in [5.41, 5.74) is 2.29. The van der Waals surface area contributed by atoms with Gasteiger partial charge in [-0.15, -0.1) is 0 Å². The van der Waals surface area contributed by atoms with Crippen LogP contribution in [0.25, 0.3) is 22.7 Å². The van der Waals surface area contributed by atoms with Gasteiger partial charge in [-0.2, -0.15) is 0 Å². The number of aromatic nitrogens is 2. The number of carbonyl (C=O) groups excluding carboxylic acids is 2. The Morgan fingerprint density at radius 2 is 1.83 bits per heavy atom. The number of likely N-dealkylation sites (tertiary alicyclic amines) is 1. The number of furan rings is 1. The molecule has 0 unspecified atom stereocenters. The van der Waals surface area contributed by atoms with Crippen LogP contribution in [0.3, 0.4) is 0 Å². The second-order valence-electron chi connectivity index (χ2n) is 9.65. The Bertz CT molecular complexity index is 1210. The number of ether oxygens (including phenoxy) is 1. The van der Waals surface area contributed by atoms with Crippen LogP contribution in [0.4, 0.5) is 4.39 Å². The van der Waals surface area contributed by atoms with Crippen molar-refractivity contribution in [3.05, 3.63) is 54.3 Å². The molecule has 3 heterocycles. The Morgan fingerprint density at radius 1 is 1.06 bits per heavy atom. The van der Waals surface area contributed by atoms with E-state index >= 15 is 0 Å². The molecule has 7 nitrogen and oxygen atoms in total. The number of benzene rings is 1. The number of imidazole rings is 1. The first-order valence-corrected chi connectivity index (χ1v) is 12.9. The molecule has 1 aromatic carbocycles. The molecule has 1 saturated carbocycles. The maximum atomic E-state index is 13.6. The van der Waals surface area contributed by atoms with Gasteiger partial charge in [0.05, 0.1) is 24.5 Å². The minimum atomic E-state index is -0.310. The van der Waals surface area contributed by atoms with E-state index < -0.39 is 0 Å². The number of hydrogen-bond donors (Lipinski definition) is 0. The summed E-state index contributed by atoms with van der Waals surface area (Å²) in [7, 11) is 0. The summed E-state index contributed by atoms with van der Waals surface area (Å²) < 4.78 is 27.1.